The van der Waals surface area contributed by atoms with E-state index in [0.29, 0.717) is 11.9 Å². The first-order valence-corrected chi connectivity index (χ1v) is 5.83. The summed E-state index contributed by atoms with van der Waals surface area (Å²) in [5.74, 6) is 7.02. The van der Waals surface area contributed by atoms with Crippen molar-refractivity contribution in [3.8, 4) is 0 Å². The van der Waals surface area contributed by atoms with Crippen LogP contribution in [-0.4, -0.2) is 36.3 Å². The second kappa shape index (κ2) is 5.29. The lowest BCUT2D eigenvalue weighted by Gasteiger charge is -2.33. The molecule has 0 unspecified atom stereocenters. The van der Waals surface area contributed by atoms with Gasteiger partial charge in [-0.05, 0) is 19.8 Å². The smallest absolute Gasteiger partial charge is 0.148 e. The van der Waals surface area contributed by atoms with E-state index >= 15 is 0 Å². The zero-order chi connectivity index (χ0) is 12.3. The van der Waals surface area contributed by atoms with Gasteiger partial charge in [-0.1, -0.05) is 0 Å². The number of ether oxygens (including phenoxy) is 1. The van der Waals surface area contributed by atoms with Crippen LogP contribution in [-0.2, 0) is 4.74 Å². The molecule has 0 saturated carbocycles. The lowest BCUT2D eigenvalue weighted by atomic mass is 10.1. The molecule has 94 valence electrons. The minimum atomic E-state index is 0.475. The van der Waals surface area contributed by atoms with Gasteiger partial charge in [-0.25, -0.2) is 15.8 Å². The molecule has 3 N–H and O–H groups in total. The number of anilines is 2. The molecule has 6 heteroatoms. The summed E-state index contributed by atoms with van der Waals surface area (Å²) < 4.78 is 5.37. The van der Waals surface area contributed by atoms with Crippen molar-refractivity contribution in [1.82, 2.24) is 9.97 Å². The van der Waals surface area contributed by atoms with Gasteiger partial charge in [-0.3, -0.25) is 0 Å². The fourth-order valence-corrected chi connectivity index (χ4v) is 2.19. The molecule has 1 fully saturated rings. The molecule has 6 nitrogen and oxygen atoms in total. The number of nitrogens with two attached hydrogens (primary N) is 1. The Morgan fingerprint density at radius 2 is 2.12 bits per heavy atom. The van der Waals surface area contributed by atoms with E-state index in [-0.39, 0.29) is 0 Å². The van der Waals surface area contributed by atoms with Gasteiger partial charge in [0, 0.05) is 31.9 Å². The SMILES string of the molecule is Cc1c(NN)ncnc1N(C)C1CCOCC1. The van der Waals surface area contributed by atoms with Gasteiger partial charge in [0.1, 0.15) is 18.0 Å². The van der Waals surface area contributed by atoms with Crippen molar-refractivity contribution in [1.29, 1.82) is 0 Å². The molecule has 0 spiro atoms. The Morgan fingerprint density at radius 3 is 2.76 bits per heavy atom. The number of nitrogens with one attached hydrogen (secondary N) is 1. The molecule has 2 rings (SSSR count). The Morgan fingerprint density at radius 1 is 1.41 bits per heavy atom. The van der Waals surface area contributed by atoms with E-state index in [2.05, 4.69) is 27.3 Å². The van der Waals surface area contributed by atoms with Crippen molar-refractivity contribution >= 4 is 11.6 Å². The van der Waals surface area contributed by atoms with Crippen LogP contribution < -0.4 is 16.2 Å². The van der Waals surface area contributed by atoms with Gasteiger partial charge in [0.15, 0.2) is 0 Å². The van der Waals surface area contributed by atoms with Crippen molar-refractivity contribution in [2.45, 2.75) is 25.8 Å². The van der Waals surface area contributed by atoms with Gasteiger partial charge in [-0.2, -0.15) is 0 Å². The summed E-state index contributed by atoms with van der Waals surface area (Å²) >= 11 is 0. The number of hydrogen-bond donors (Lipinski definition) is 2. The average molecular weight is 237 g/mol. The Kier molecular flexibility index (Phi) is 3.75. The predicted molar refractivity (Wildman–Crippen MR) is 66.8 cm³/mol. The first-order chi connectivity index (χ1) is 8.24. The normalized spacial score (nSPS) is 16.9. The van der Waals surface area contributed by atoms with E-state index in [0.717, 1.165) is 37.4 Å². The van der Waals surface area contributed by atoms with E-state index in [4.69, 9.17) is 10.6 Å². The average Bonchev–Trinajstić information content (AvgIpc) is 2.39. The number of nitrogens with zero attached hydrogens (tertiary/aromatic N) is 3. The summed E-state index contributed by atoms with van der Waals surface area (Å²) in [7, 11) is 2.06. The third kappa shape index (κ3) is 2.48. The minimum absolute atomic E-state index is 0.475. The number of hydrogen-bond acceptors (Lipinski definition) is 6. The molecule has 2 heterocycles. The molecule has 0 radical (unpaired) electrons. The number of aromatic nitrogens is 2. The van der Waals surface area contributed by atoms with Gasteiger partial charge in [0.2, 0.25) is 0 Å². The maximum Gasteiger partial charge on any atom is 0.148 e. The van der Waals surface area contributed by atoms with Crippen LogP contribution in [0.25, 0.3) is 0 Å². The van der Waals surface area contributed by atoms with Crippen LogP contribution in [0, 0.1) is 6.92 Å². The van der Waals surface area contributed by atoms with Gasteiger partial charge < -0.3 is 15.1 Å². The third-order valence-electron chi connectivity index (χ3n) is 3.27. The summed E-state index contributed by atoms with van der Waals surface area (Å²) in [4.78, 5) is 10.6. The molecule has 1 aromatic rings. The molecule has 0 aromatic carbocycles. The lowest BCUT2D eigenvalue weighted by molar-refractivity contribution is 0.0853. The highest BCUT2D eigenvalue weighted by molar-refractivity contribution is 5.57. The number of rotatable bonds is 3. The van der Waals surface area contributed by atoms with E-state index in [1.165, 1.54) is 6.33 Å². The van der Waals surface area contributed by atoms with Crippen LogP contribution in [0.15, 0.2) is 6.33 Å². The topological polar surface area (TPSA) is 76.3 Å². The van der Waals surface area contributed by atoms with Crippen LogP contribution in [0.5, 0.6) is 0 Å². The summed E-state index contributed by atoms with van der Waals surface area (Å²) in [5.41, 5.74) is 3.57. The highest BCUT2D eigenvalue weighted by Crippen LogP contribution is 2.25. The highest BCUT2D eigenvalue weighted by atomic mass is 16.5. The number of nitrogen functional groups attached to an aromatic ring is 1. The maximum absolute atomic E-state index is 5.42. The molecule has 1 aliphatic rings. The molecule has 0 bridgehead atoms. The molecule has 0 atom stereocenters. The number of hydrazine groups is 1. The predicted octanol–water partition coefficient (Wildman–Crippen LogP) is 0.686. The molecule has 1 aliphatic heterocycles. The largest absolute Gasteiger partial charge is 0.381 e. The Hall–Kier alpha value is -1.40. The fourth-order valence-electron chi connectivity index (χ4n) is 2.19. The minimum Gasteiger partial charge on any atom is -0.381 e. The van der Waals surface area contributed by atoms with Crippen LogP contribution in [0.3, 0.4) is 0 Å². The molecule has 1 aromatic heterocycles. The van der Waals surface area contributed by atoms with Crippen molar-refractivity contribution in [2.75, 3.05) is 30.6 Å². The van der Waals surface area contributed by atoms with E-state index < -0.39 is 0 Å². The Bertz CT molecular complexity index is 378. The van der Waals surface area contributed by atoms with E-state index in [1.807, 2.05) is 6.92 Å². The zero-order valence-electron chi connectivity index (χ0n) is 10.3. The second-order valence-corrected chi connectivity index (χ2v) is 4.27. The van der Waals surface area contributed by atoms with Crippen molar-refractivity contribution in [2.24, 2.45) is 5.84 Å². The summed E-state index contributed by atoms with van der Waals surface area (Å²) in [6.45, 7) is 3.61. The molecular formula is C11H19N5O. The van der Waals surface area contributed by atoms with Gasteiger partial charge in [0.05, 0.1) is 0 Å². The Labute approximate surface area is 101 Å². The first-order valence-electron chi connectivity index (χ1n) is 5.83. The van der Waals surface area contributed by atoms with Crippen LogP contribution in [0.4, 0.5) is 11.6 Å². The summed E-state index contributed by atoms with van der Waals surface area (Å²) in [6.07, 6.45) is 3.60. The van der Waals surface area contributed by atoms with Crippen LogP contribution >= 0.6 is 0 Å². The fraction of sp³-hybridized carbons (Fsp3) is 0.636. The lowest BCUT2D eigenvalue weighted by Crippen LogP contribution is -2.37. The molecule has 17 heavy (non-hydrogen) atoms. The van der Waals surface area contributed by atoms with Gasteiger partial charge >= 0.3 is 0 Å². The van der Waals surface area contributed by atoms with Crippen molar-refractivity contribution in [3.63, 3.8) is 0 Å². The van der Waals surface area contributed by atoms with Crippen LogP contribution in [0.1, 0.15) is 18.4 Å². The monoisotopic (exact) mass is 237 g/mol. The molecule has 0 amide bonds. The van der Waals surface area contributed by atoms with Crippen molar-refractivity contribution < 1.29 is 4.74 Å². The highest BCUT2D eigenvalue weighted by Gasteiger charge is 2.21. The molecule has 0 aliphatic carbocycles. The van der Waals surface area contributed by atoms with Gasteiger partial charge in [-0.15, -0.1) is 0 Å². The molecule has 1 saturated heterocycles. The summed E-state index contributed by atoms with van der Waals surface area (Å²) in [6, 6.07) is 0.475. The Balaban J connectivity index is 2.20. The van der Waals surface area contributed by atoms with Gasteiger partial charge in [0.25, 0.3) is 0 Å². The maximum atomic E-state index is 5.42. The second-order valence-electron chi connectivity index (χ2n) is 4.27. The molecular weight excluding hydrogens is 218 g/mol. The standard InChI is InChI=1S/C11H19N5O/c1-8-10(15-12)13-7-14-11(8)16(2)9-3-5-17-6-4-9/h7,9H,3-6,12H2,1-2H3,(H,13,14,15). The summed E-state index contributed by atoms with van der Waals surface area (Å²) in [5, 5.41) is 0. The first kappa shape index (κ1) is 12.1. The quantitative estimate of drug-likeness (QED) is 0.595. The zero-order valence-corrected chi connectivity index (χ0v) is 10.3. The van der Waals surface area contributed by atoms with Crippen molar-refractivity contribution in [3.05, 3.63) is 11.9 Å². The van der Waals surface area contributed by atoms with Crippen LogP contribution in [0.2, 0.25) is 0 Å². The van der Waals surface area contributed by atoms with E-state index in [1.54, 1.807) is 0 Å². The third-order valence-corrected chi connectivity index (χ3v) is 3.27. The van der Waals surface area contributed by atoms with E-state index in [9.17, 15) is 0 Å².